The van der Waals surface area contributed by atoms with Crippen molar-refractivity contribution in [3.63, 3.8) is 0 Å². The van der Waals surface area contributed by atoms with Gasteiger partial charge in [-0.05, 0) is 20.8 Å². The summed E-state index contributed by atoms with van der Waals surface area (Å²) in [5.74, 6) is 0. The topological polar surface area (TPSA) is 21.6 Å². The fourth-order valence-corrected chi connectivity index (χ4v) is 0.343. The standard InChI is InChI=1S/C9H19NO/c1-8(2,3)7-10-11-9(4,5)6/h7H,1-6H3/b10-7+. The molecule has 0 unspecified atom stereocenters. The molecule has 0 aliphatic carbocycles. The van der Waals surface area contributed by atoms with E-state index in [1.165, 1.54) is 0 Å². The zero-order valence-electron chi connectivity index (χ0n) is 8.43. The van der Waals surface area contributed by atoms with Crippen LogP contribution in [0, 0.1) is 5.41 Å². The summed E-state index contributed by atoms with van der Waals surface area (Å²) in [6.07, 6.45) is 1.82. The number of rotatable bonds is 1. The third kappa shape index (κ3) is 9.47. The summed E-state index contributed by atoms with van der Waals surface area (Å²) in [6, 6.07) is 0. The zero-order valence-corrected chi connectivity index (χ0v) is 8.43. The summed E-state index contributed by atoms with van der Waals surface area (Å²) in [7, 11) is 0. The lowest BCUT2D eigenvalue weighted by Crippen LogP contribution is -2.17. The van der Waals surface area contributed by atoms with E-state index < -0.39 is 0 Å². The van der Waals surface area contributed by atoms with E-state index in [0.29, 0.717) is 0 Å². The van der Waals surface area contributed by atoms with Crippen LogP contribution in [0.15, 0.2) is 5.16 Å². The summed E-state index contributed by atoms with van der Waals surface area (Å²) in [6.45, 7) is 12.2. The summed E-state index contributed by atoms with van der Waals surface area (Å²) >= 11 is 0. The normalized spacial score (nSPS) is 14.0. The summed E-state index contributed by atoms with van der Waals surface area (Å²) < 4.78 is 0. The van der Waals surface area contributed by atoms with Gasteiger partial charge in [-0.2, -0.15) is 0 Å². The van der Waals surface area contributed by atoms with E-state index in [0.717, 1.165) is 0 Å². The van der Waals surface area contributed by atoms with Gasteiger partial charge in [0.05, 0.1) is 0 Å². The van der Waals surface area contributed by atoms with Gasteiger partial charge >= 0.3 is 0 Å². The Hall–Kier alpha value is -0.530. The first kappa shape index (κ1) is 10.5. The first-order valence-corrected chi connectivity index (χ1v) is 3.93. The molecule has 0 saturated heterocycles. The maximum atomic E-state index is 5.17. The Morgan fingerprint density at radius 2 is 1.45 bits per heavy atom. The molecule has 0 saturated carbocycles. The van der Waals surface area contributed by atoms with E-state index in [9.17, 15) is 0 Å². The fourth-order valence-electron chi connectivity index (χ4n) is 0.343. The maximum absolute atomic E-state index is 5.17. The number of hydrogen-bond acceptors (Lipinski definition) is 2. The van der Waals surface area contributed by atoms with Gasteiger partial charge < -0.3 is 4.84 Å². The van der Waals surface area contributed by atoms with Gasteiger partial charge in [0.25, 0.3) is 0 Å². The van der Waals surface area contributed by atoms with Gasteiger partial charge in [0.2, 0.25) is 0 Å². The summed E-state index contributed by atoms with van der Waals surface area (Å²) in [5.41, 5.74) is -0.0764. The second-order valence-corrected chi connectivity index (χ2v) is 4.80. The minimum atomic E-state index is -0.179. The van der Waals surface area contributed by atoms with Crippen molar-refractivity contribution in [2.45, 2.75) is 47.1 Å². The number of nitrogens with zero attached hydrogens (tertiary/aromatic N) is 1. The molecule has 0 bridgehead atoms. The lowest BCUT2D eigenvalue weighted by molar-refractivity contribution is 0.000757. The Morgan fingerprint density at radius 1 is 1.00 bits per heavy atom. The third-order valence-electron chi connectivity index (χ3n) is 0.767. The van der Waals surface area contributed by atoms with Crippen molar-refractivity contribution < 1.29 is 4.84 Å². The molecule has 11 heavy (non-hydrogen) atoms. The third-order valence-corrected chi connectivity index (χ3v) is 0.767. The summed E-state index contributed by atoms with van der Waals surface area (Å²) in [5, 5.41) is 3.89. The molecule has 0 N–H and O–H groups in total. The summed E-state index contributed by atoms with van der Waals surface area (Å²) in [4.78, 5) is 5.17. The molecule has 0 aliphatic rings. The molecule has 0 fully saturated rings. The molecule has 2 heteroatoms. The highest BCUT2D eigenvalue weighted by atomic mass is 16.6. The van der Waals surface area contributed by atoms with Gasteiger partial charge in [-0.1, -0.05) is 25.9 Å². The number of oxime groups is 1. The van der Waals surface area contributed by atoms with E-state index in [1.54, 1.807) is 0 Å². The van der Waals surface area contributed by atoms with Crippen LogP contribution in [-0.2, 0) is 4.84 Å². The van der Waals surface area contributed by atoms with Gasteiger partial charge in [0.1, 0.15) is 5.60 Å². The van der Waals surface area contributed by atoms with Crippen LogP contribution in [0.2, 0.25) is 0 Å². The van der Waals surface area contributed by atoms with Gasteiger partial charge in [-0.3, -0.25) is 0 Å². The highest BCUT2D eigenvalue weighted by Crippen LogP contribution is 2.11. The smallest absolute Gasteiger partial charge is 0.129 e. The molecule has 0 aromatic heterocycles. The quantitative estimate of drug-likeness (QED) is 0.423. The van der Waals surface area contributed by atoms with E-state index in [-0.39, 0.29) is 11.0 Å². The van der Waals surface area contributed by atoms with Gasteiger partial charge in [-0.15, -0.1) is 0 Å². The molecule has 2 nitrogen and oxygen atoms in total. The largest absolute Gasteiger partial charge is 0.390 e. The Kier molecular flexibility index (Phi) is 3.09. The van der Waals surface area contributed by atoms with Crippen LogP contribution >= 0.6 is 0 Å². The van der Waals surface area contributed by atoms with Crippen LogP contribution in [0.5, 0.6) is 0 Å². The molecule has 66 valence electrons. The first-order chi connectivity index (χ1) is 4.71. The van der Waals surface area contributed by atoms with Crippen molar-refractivity contribution in [1.29, 1.82) is 0 Å². The molecular weight excluding hydrogens is 138 g/mol. The minimum absolute atomic E-state index is 0.102. The fraction of sp³-hybridized carbons (Fsp3) is 0.889. The Labute approximate surface area is 69.6 Å². The van der Waals surface area contributed by atoms with Crippen molar-refractivity contribution >= 4 is 6.21 Å². The predicted octanol–water partition coefficient (Wildman–Crippen LogP) is 2.83. The van der Waals surface area contributed by atoms with Crippen LogP contribution in [0.4, 0.5) is 0 Å². The second kappa shape index (κ2) is 3.24. The van der Waals surface area contributed by atoms with Crippen molar-refractivity contribution in [3.05, 3.63) is 0 Å². The Balaban J connectivity index is 3.80. The van der Waals surface area contributed by atoms with Gasteiger partial charge in [-0.25, -0.2) is 0 Å². The Bertz CT molecular complexity index is 137. The predicted molar refractivity (Wildman–Crippen MR) is 48.8 cm³/mol. The van der Waals surface area contributed by atoms with Crippen molar-refractivity contribution in [2.24, 2.45) is 10.6 Å². The molecule has 0 amide bonds. The molecule has 0 aromatic carbocycles. The molecular formula is C9H19NO. The molecule has 0 atom stereocenters. The van der Waals surface area contributed by atoms with E-state index in [4.69, 9.17) is 4.84 Å². The molecule has 0 spiro atoms. The first-order valence-electron chi connectivity index (χ1n) is 3.93. The lowest BCUT2D eigenvalue weighted by Gasteiger charge is -2.17. The van der Waals surface area contributed by atoms with E-state index in [2.05, 4.69) is 25.9 Å². The molecule has 0 rings (SSSR count). The second-order valence-electron chi connectivity index (χ2n) is 4.80. The average molecular weight is 157 g/mol. The van der Waals surface area contributed by atoms with Crippen molar-refractivity contribution in [1.82, 2.24) is 0 Å². The molecule has 0 heterocycles. The molecule has 0 radical (unpaired) electrons. The van der Waals surface area contributed by atoms with Crippen LogP contribution in [0.3, 0.4) is 0 Å². The van der Waals surface area contributed by atoms with Crippen LogP contribution in [-0.4, -0.2) is 11.8 Å². The van der Waals surface area contributed by atoms with Crippen LogP contribution in [0.1, 0.15) is 41.5 Å². The zero-order chi connectivity index (χ0) is 9.12. The lowest BCUT2D eigenvalue weighted by atomic mass is 9.99. The van der Waals surface area contributed by atoms with Gasteiger partial charge in [0, 0.05) is 11.6 Å². The van der Waals surface area contributed by atoms with Crippen LogP contribution < -0.4 is 0 Å². The maximum Gasteiger partial charge on any atom is 0.129 e. The highest BCUT2D eigenvalue weighted by Gasteiger charge is 2.11. The minimum Gasteiger partial charge on any atom is -0.390 e. The molecule has 0 aliphatic heterocycles. The SMILES string of the molecule is CC(C)(C)/C=N/OC(C)(C)C. The molecule has 0 aromatic rings. The number of hydrogen-bond donors (Lipinski definition) is 0. The van der Waals surface area contributed by atoms with E-state index in [1.807, 2.05) is 27.0 Å². The van der Waals surface area contributed by atoms with Crippen LogP contribution in [0.25, 0.3) is 0 Å². The average Bonchev–Trinajstić information content (AvgIpc) is 1.55. The van der Waals surface area contributed by atoms with Crippen molar-refractivity contribution in [2.75, 3.05) is 0 Å². The monoisotopic (exact) mass is 157 g/mol. The highest BCUT2D eigenvalue weighted by molar-refractivity contribution is 5.63. The van der Waals surface area contributed by atoms with Gasteiger partial charge in [0.15, 0.2) is 0 Å². The van der Waals surface area contributed by atoms with E-state index >= 15 is 0 Å². The Morgan fingerprint density at radius 3 is 1.73 bits per heavy atom. The van der Waals surface area contributed by atoms with Crippen molar-refractivity contribution in [3.8, 4) is 0 Å².